The maximum atomic E-state index is 11.4. The van der Waals surface area contributed by atoms with Crippen molar-refractivity contribution < 1.29 is 8.42 Å². The molecule has 0 unspecified atom stereocenters. The van der Waals surface area contributed by atoms with Gasteiger partial charge in [0, 0.05) is 0 Å². The molecule has 0 fully saturated rings. The van der Waals surface area contributed by atoms with Crippen molar-refractivity contribution in [2.24, 2.45) is 0 Å². The van der Waals surface area contributed by atoms with Crippen LogP contribution < -0.4 is 4.72 Å². The lowest BCUT2D eigenvalue weighted by molar-refractivity contribution is 0.588. The monoisotopic (exact) mass is 314 g/mol. The summed E-state index contributed by atoms with van der Waals surface area (Å²) in [5, 5.41) is 8.57. The minimum atomic E-state index is -3.59. The molecule has 4 nitrogen and oxygen atoms in total. The molecule has 1 aromatic heterocycles. The van der Waals surface area contributed by atoms with Crippen LogP contribution in [0.25, 0.3) is 0 Å². The van der Waals surface area contributed by atoms with Gasteiger partial charge in [0.05, 0.1) is 21.4 Å². The first-order chi connectivity index (χ1) is 6.47. The highest BCUT2D eigenvalue weighted by Crippen LogP contribution is 2.34. The van der Waals surface area contributed by atoms with Gasteiger partial charge < -0.3 is 0 Å². The van der Waals surface area contributed by atoms with Crippen molar-refractivity contribution in [3.8, 4) is 6.07 Å². The Labute approximate surface area is 98.7 Å². The summed E-state index contributed by atoms with van der Waals surface area (Å²) >= 11 is 9.78. The van der Waals surface area contributed by atoms with E-state index in [4.69, 9.17) is 16.9 Å². The second-order valence-corrected chi connectivity index (χ2v) is 6.94. The van der Waals surface area contributed by atoms with E-state index < -0.39 is 10.0 Å². The maximum Gasteiger partial charge on any atom is 0.251 e. The van der Waals surface area contributed by atoms with E-state index >= 15 is 0 Å². The van der Waals surface area contributed by atoms with Crippen LogP contribution in [0.4, 0.5) is 0 Å². The van der Waals surface area contributed by atoms with E-state index in [-0.39, 0.29) is 10.8 Å². The van der Waals surface area contributed by atoms with Crippen LogP contribution in [-0.4, -0.2) is 15.0 Å². The fourth-order valence-electron chi connectivity index (χ4n) is 0.658. The van der Waals surface area contributed by atoms with Crippen LogP contribution in [0.5, 0.6) is 0 Å². The highest BCUT2D eigenvalue weighted by atomic mass is 79.9. The molecule has 14 heavy (non-hydrogen) atoms. The predicted octanol–water partition coefficient (Wildman–Crippen LogP) is 1.97. The molecule has 76 valence electrons. The van der Waals surface area contributed by atoms with Crippen molar-refractivity contribution >= 4 is 48.9 Å². The molecule has 0 aliphatic carbocycles. The second-order valence-electron chi connectivity index (χ2n) is 2.17. The van der Waals surface area contributed by atoms with Gasteiger partial charge in [0.1, 0.15) is 4.21 Å². The smallest absolute Gasteiger partial charge is 0.206 e. The van der Waals surface area contributed by atoms with Gasteiger partial charge in [-0.15, -0.1) is 11.3 Å². The quantitative estimate of drug-likeness (QED) is 0.867. The lowest BCUT2D eigenvalue weighted by atomic mass is 10.7. The highest BCUT2D eigenvalue weighted by molar-refractivity contribution is 9.11. The summed E-state index contributed by atoms with van der Waals surface area (Å²) in [6.45, 7) is -0.254. The van der Waals surface area contributed by atoms with Crippen molar-refractivity contribution in [1.29, 1.82) is 5.26 Å². The summed E-state index contributed by atoms with van der Waals surface area (Å²) in [7, 11) is -3.59. The topological polar surface area (TPSA) is 70.0 Å². The van der Waals surface area contributed by atoms with Crippen LogP contribution >= 0.6 is 38.9 Å². The fraction of sp³-hybridized carbons (Fsp3) is 0.167. The molecule has 1 rings (SSSR count). The predicted molar refractivity (Wildman–Crippen MR) is 57.8 cm³/mol. The molecule has 0 saturated carbocycles. The van der Waals surface area contributed by atoms with Gasteiger partial charge >= 0.3 is 0 Å². The maximum absolute atomic E-state index is 11.4. The second kappa shape index (κ2) is 4.59. The summed E-state index contributed by atoms with van der Waals surface area (Å²) in [6, 6.07) is 3.01. The molecule has 0 spiro atoms. The summed E-state index contributed by atoms with van der Waals surface area (Å²) in [5.74, 6) is 0. The Morgan fingerprint density at radius 2 is 2.36 bits per heavy atom. The third-order valence-corrected chi connectivity index (χ3v) is 5.58. The number of sulfonamides is 1. The van der Waals surface area contributed by atoms with Crippen LogP contribution in [0.15, 0.2) is 14.1 Å². The molecule has 0 aliphatic rings. The Bertz CT molecular complexity index is 457. The van der Waals surface area contributed by atoms with Crippen LogP contribution in [0.1, 0.15) is 0 Å². The molecule has 0 saturated heterocycles. The largest absolute Gasteiger partial charge is 0.251 e. The summed E-state index contributed by atoms with van der Waals surface area (Å²) in [5.41, 5.74) is 0. The lowest BCUT2D eigenvalue weighted by Gasteiger charge is -1.97. The molecular weight excluding hydrogens is 312 g/mol. The van der Waals surface area contributed by atoms with E-state index in [9.17, 15) is 8.42 Å². The third kappa shape index (κ3) is 2.68. The minimum absolute atomic E-state index is 0.0876. The van der Waals surface area contributed by atoms with Gasteiger partial charge in [0.15, 0.2) is 0 Å². The zero-order valence-corrected chi connectivity index (χ0v) is 10.6. The van der Waals surface area contributed by atoms with E-state index in [0.717, 1.165) is 11.3 Å². The standard InChI is InChI=1S/C6H4BrClN2O2S2/c7-6-4(8)3-5(13-6)14(11,12)10-2-1-9/h3,10H,2H2. The van der Waals surface area contributed by atoms with E-state index in [2.05, 4.69) is 20.7 Å². The number of rotatable bonds is 3. The summed E-state index contributed by atoms with van der Waals surface area (Å²) in [6.07, 6.45) is 0. The van der Waals surface area contributed by atoms with Crippen LogP contribution in [0.2, 0.25) is 5.02 Å². The molecule has 0 radical (unpaired) electrons. The van der Waals surface area contributed by atoms with Crippen molar-refractivity contribution in [1.82, 2.24) is 4.72 Å². The first-order valence-corrected chi connectivity index (χ1v) is 6.76. The van der Waals surface area contributed by atoms with Gasteiger partial charge in [-0.1, -0.05) is 11.6 Å². The molecule has 0 amide bonds. The molecule has 0 atom stereocenters. The van der Waals surface area contributed by atoms with Crippen molar-refractivity contribution in [3.63, 3.8) is 0 Å². The number of hydrogen-bond acceptors (Lipinski definition) is 4. The lowest BCUT2D eigenvalue weighted by Crippen LogP contribution is -2.22. The Morgan fingerprint density at radius 3 is 2.79 bits per heavy atom. The Hall–Kier alpha value is -0.130. The van der Waals surface area contributed by atoms with Crippen LogP contribution in [0, 0.1) is 11.3 Å². The minimum Gasteiger partial charge on any atom is -0.206 e. The van der Waals surface area contributed by atoms with E-state index in [1.807, 2.05) is 0 Å². The van der Waals surface area contributed by atoms with E-state index in [1.54, 1.807) is 6.07 Å². The third-order valence-electron chi connectivity index (χ3n) is 1.23. The zero-order chi connectivity index (χ0) is 10.8. The van der Waals surface area contributed by atoms with Crippen molar-refractivity contribution in [2.75, 3.05) is 6.54 Å². The SMILES string of the molecule is N#CCNS(=O)(=O)c1cc(Cl)c(Br)s1. The van der Waals surface area contributed by atoms with Gasteiger partial charge in [0.2, 0.25) is 0 Å². The van der Waals surface area contributed by atoms with E-state index in [0.29, 0.717) is 8.81 Å². The molecule has 0 aromatic carbocycles. The van der Waals surface area contributed by atoms with Gasteiger partial charge in [-0.3, -0.25) is 0 Å². The molecule has 1 aromatic rings. The number of nitrogens with one attached hydrogen (secondary N) is 1. The molecule has 0 aliphatic heterocycles. The number of nitriles is 1. The van der Waals surface area contributed by atoms with Gasteiger partial charge in [-0.05, 0) is 22.0 Å². The van der Waals surface area contributed by atoms with Crippen LogP contribution in [-0.2, 0) is 10.0 Å². The average molecular weight is 316 g/mol. The first kappa shape index (κ1) is 11.9. The van der Waals surface area contributed by atoms with Crippen LogP contribution in [0.3, 0.4) is 0 Å². The molecule has 1 heterocycles. The number of nitrogens with zero attached hydrogens (tertiary/aromatic N) is 1. The summed E-state index contributed by atoms with van der Waals surface area (Å²) < 4.78 is 25.6. The van der Waals surface area contributed by atoms with Gasteiger partial charge in [0.25, 0.3) is 10.0 Å². The Balaban J connectivity index is 3.00. The average Bonchev–Trinajstić information content (AvgIpc) is 2.45. The van der Waals surface area contributed by atoms with Crippen molar-refractivity contribution in [3.05, 3.63) is 14.9 Å². The molecule has 0 bridgehead atoms. The molecular formula is C6H4BrClN2O2S2. The normalized spacial score (nSPS) is 11.2. The molecule has 8 heteroatoms. The zero-order valence-electron chi connectivity index (χ0n) is 6.62. The molecule has 1 N–H and O–H groups in total. The van der Waals surface area contributed by atoms with Gasteiger partial charge in [-0.25, -0.2) is 8.42 Å². The Morgan fingerprint density at radius 1 is 1.71 bits per heavy atom. The Kier molecular flexibility index (Phi) is 3.92. The van der Waals surface area contributed by atoms with Crippen molar-refractivity contribution in [2.45, 2.75) is 4.21 Å². The first-order valence-electron chi connectivity index (χ1n) is 3.29. The fourth-order valence-corrected chi connectivity index (χ4v) is 4.02. The highest BCUT2D eigenvalue weighted by Gasteiger charge is 2.18. The number of thiophene rings is 1. The van der Waals surface area contributed by atoms with E-state index in [1.165, 1.54) is 6.07 Å². The number of halogens is 2. The number of hydrogen-bond donors (Lipinski definition) is 1. The van der Waals surface area contributed by atoms with Gasteiger partial charge in [-0.2, -0.15) is 9.98 Å². The summed E-state index contributed by atoms with van der Waals surface area (Å²) in [4.78, 5) is 0.